The molecule has 9 heteroatoms. The minimum atomic E-state index is -0.323. The lowest BCUT2D eigenvalue weighted by Crippen LogP contribution is -2.30. The maximum absolute atomic E-state index is 13.3. The Kier molecular flexibility index (Phi) is 7.45. The number of H-pyrrole nitrogens is 1. The van der Waals surface area contributed by atoms with E-state index in [-0.39, 0.29) is 48.8 Å². The van der Waals surface area contributed by atoms with Crippen molar-refractivity contribution in [2.75, 3.05) is 13.7 Å². The standard InChI is InChI=1S/C35H36N4O5/c1-7-19-16(3)23-11-24-17(4)21(9-10-31(43)44-6)34(38-24)33-30(42)14-29(41)32-18(5)25(39-35(32)33)12-27-20(8-2)22(15-40)28(37-27)13-26(19)36-23/h7,11-13,17,21,36,40,42H,1,8-10,14-15H2,2-6H3. The molecule has 0 saturated carbocycles. The molecule has 5 aliphatic rings. The Hall–Kier alpha value is -4.63. The van der Waals surface area contributed by atoms with Crippen LogP contribution in [-0.4, -0.2) is 57.8 Å². The Morgan fingerprint density at radius 2 is 1.89 bits per heavy atom. The highest BCUT2D eigenvalue weighted by molar-refractivity contribution is 6.42. The first-order valence-electron chi connectivity index (χ1n) is 15.0. The minimum Gasteiger partial charge on any atom is -0.511 e. The number of ether oxygens (including phenoxy) is 1. The van der Waals surface area contributed by atoms with Gasteiger partial charge in [-0.25, -0.2) is 9.98 Å². The van der Waals surface area contributed by atoms with Gasteiger partial charge in [0.1, 0.15) is 5.76 Å². The lowest BCUT2D eigenvalue weighted by Gasteiger charge is -2.23. The number of hydrogen-bond acceptors (Lipinski definition) is 8. The van der Waals surface area contributed by atoms with Crippen molar-refractivity contribution >= 4 is 47.1 Å². The van der Waals surface area contributed by atoms with Crippen molar-refractivity contribution in [1.82, 2.24) is 4.98 Å². The zero-order valence-electron chi connectivity index (χ0n) is 25.7. The number of rotatable bonds is 6. The van der Waals surface area contributed by atoms with E-state index in [1.54, 1.807) is 6.08 Å². The number of Topliss-reactive ketones (excluding diaryl/α,β-unsaturated/α-hetero) is 1. The van der Waals surface area contributed by atoms with E-state index in [1.807, 2.05) is 39.0 Å². The summed E-state index contributed by atoms with van der Waals surface area (Å²) in [5, 5.41) is 21.8. The number of aliphatic hydroxyl groups excluding tert-OH is 2. The highest BCUT2D eigenvalue weighted by Gasteiger charge is 2.43. The Labute approximate surface area is 256 Å². The van der Waals surface area contributed by atoms with Crippen molar-refractivity contribution in [2.24, 2.45) is 26.8 Å². The number of esters is 1. The lowest BCUT2D eigenvalue weighted by molar-refractivity contribution is -0.140. The smallest absolute Gasteiger partial charge is 0.305 e. The van der Waals surface area contributed by atoms with Crippen LogP contribution in [0.1, 0.15) is 69.0 Å². The van der Waals surface area contributed by atoms with Gasteiger partial charge in [0.05, 0.1) is 54.2 Å². The number of allylic oxidation sites excluding steroid dienone is 7. The summed E-state index contributed by atoms with van der Waals surface area (Å²) in [6.45, 7) is 11.8. The highest BCUT2D eigenvalue weighted by Crippen LogP contribution is 2.44. The zero-order valence-corrected chi connectivity index (χ0v) is 25.7. The van der Waals surface area contributed by atoms with Crippen LogP contribution in [-0.2, 0) is 14.3 Å². The van der Waals surface area contributed by atoms with Crippen molar-refractivity contribution in [3.05, 3.63) is 85.9 Å². The third-order valence-corrected chi connectivity index (χ3v) is 9.33. The Morgan fingerprint density at radius 1 is 1.11 bits per heavy atom. The summed E-state index contributed by atoms with van der Waals surface area (Å²) in [6, 6.07) is 0. The van der Waals surface area contributed by atoms with Gasteiger partial charge < -0.3 is 19.9 Å². The monoisotopic (exact) mass is 592 g/mol. The number of carbonyl (C=O) groups is 2. The molecule has 0 radical (unpaired) electrons. The summed E-state index contributed by atoms with van der Waals surface area (Å²) in [6.07, 6.45) is 8.71. The molecule has 9 nitrogen and oxygen atoms in total. The fourth-order valence-corrected chi connectivity index (χ4v) is 6.87. The van der Waals surface area contributed by atoms with Gasteiger partial charge in [0.15, 0.2) is 5.78 Å². The van der Waals surface area contributed by atoms with E-state index in [0.29, 0.717) is 58.1 Å². The third-order valence-electron chi connectivity index (χ3n) is 9.33. The first kappa shape index (κ1) is 29.4. The summed E-state index contributed by atoms with van der Waals surface area (Å²) >= 11 is 0. The van der Waals surface area contributed by atoms with Crippen LogP contribution in [0.4, 0.5) is 0 Å². The zero-order chi connectivity index (χ0) is 31.4. The van der Waals surface area contributed by atoms with Gasteiger partial charge in [-0.1, -0.05) is 26.5 Å². The number of carbonyl (C=O) groups excluding carboxylic acids is 2. The molecule has 8 bridgehead atoms. The van der Waals surface area contributed by atoms with E-state index in [0.717, 1.165) is 39.4 Å². The summed E-state index contributed by atoms with van der Waals surface area (Å²) in [5.74, 6) is -0.939. The van der Waals surface area contributed by atoms with E-state index in [1.165, 1.54) is 7.11 Å². The van der Waals surface area contributed by atoms with Gasteiger partial charge in [-0.15, -0.1) is 0 Å². The number of ketones is 1. The molecule has 0 amide bonds. The molecule has 1 aromatic rings. The molecule has 2 atom stereocenters. The molecular weight excluding hydrogens is 556 g/mol. The molecule has 5 heterocycles. The number of aromatic nitrogens is 1. The summed E-state index contributed by atoms with van der Waals surface area (Å²) in [5.41, 5.74) is 10.5. The first-order valence-corrected chi connectivity index (χ1v) is 15.0. The molecule has 44 heavy (non-hydrogen) atoms. The number of hydrogen-bond donors (Lipinski definition) is 3. The van der Waals surface area contributed by atoms with Gasteiger partial charge >= 0.3 is 5.97 Å². The van der Waals surface area contributed by atoms with Crippen LogP contribution in [0.25, 0.3) is 18.2 Å². The number of nitrogens with one attached hydrogen (secondary N) is 1. The van der Waals surface area contributed by atoms with E-state index in [4.69, 9.17) is 19.7 Å². The quantitative estimate of drug-likeness (QED) is 0.353. The van der Waals surface area contributed by atoms with Crippen LogP contribution in [0, 0.1) is 18.8 Å². The first-order chi connectivity index (χ1) is 21.1. The van der Waals surface area contributed by atoms with Gasteiger partial charge in [-0.3, -0.25) is 14.6 Å². The molecule has 226 valence electrons. The number of methoxy groups -OCH3 is 1. The molecule has 0 aromatic carbocycles. The van der Waals surface area contributed by atoms with Gasteiger partial charge in [0.25, 0.3) is 0 Å². The van der Waals surface area contributed by atoms with Gasteiger partial charge in [0.2, 0.25) is 0 Å². The largest absolute Gasteiger partial charge is 0.511 e. The van der Waals surface area contributed by atoms with Crippen LogP contribution in [0.5, 0.6) is 0 Å². The fraction of sp³-hybridized carbons (Fsp3) is 0.343. The van der Waals surface area contributed by atoms with E-state index in [2.05, 4.69) is 18.5 Å². The molecule has 0 spiro atoms. The molecule has 0 saturated heterocycles. The molecule has 3 N–H and O–H groups in total. The Bertz CT molecular complexity index is 1830. The molecule has 0 fully saturated rings. The SMILES string of the molecule is C=Cc1c2[nH]c(c1C)C=C1N=C(C3=C(O)CC(=O)C4=C(C)C(=CC5=NC(=C2)C(CO)=C5CC)N=C34)C(CCC(=O)OC)C1C. The van der Waals surface area contributed by atoms with Crippen LogP contribution < -0.4 is 0 Å². The van der Waals surface area contributed by atoms with Crippen LogP contribution in [0.3, 0.4) is 0 Å². The lowest BCUT2D eigenvalue weighted by atomic mass is 9.78. The summed E-state index contributed by atoms with van der Waals surface area (Å²) in [4.78, 5) is 44.0. The fourth-order valence-electron chi connectivity index (χ4n) is 6.87. The molecular formula is C35H36N4O5. The van der Waals surface area contributed by atoms with Gasteiger partial charge in [0, 0.05) is 52.1 Å². The van der Waals surface area contributed by atoms with E-state index < -0.39 is 0 Å². The summed E-state index contributed by atoms with van der Waals surface area (Å²) < 4.78 is 4.94. The van der Waals surface area contributed by atoms with E-state index >= 15 is 0 Å². The van der Waals surface area contributed by atoms with Crippen LogP contribution in [0.15, 0.2) is 78.3 Å². The van der Waals surface area contributed by atoms with Crippen molar-refractivity contribution in [2.45, 2.75) is 53.4 Å². The predicted octanol–water partition coefficient (Wildman–Crippen LogP) is 5.92. The topological polar surface area (TPSA) is 137 Å². The molecule has 1 aromatic heterocycles. The molecule has 2 unspecified atom stereocenters. The Balaban J connectivity index is 1.65. The number of aliphatic hydroxyl groups is 2. The van der Waals surface area contributed by atoms with Crippen molar-refractivity contribution < 1.29 is 24.5 Å². The van der Waals surface area contributed by atoms with Crippen molar-refractivity contribution in [3.8, 4) is 0 Å². The van der Waals surface area contributed by atoms with Gasteiger partial charge in [-0.05, 0) is 61.6 Å². The number of nitrogens with zero attached hydrogens (tertiary/aromatic N) is 3. The van der Waals surface area contributed by atoms with Crippen molar-refractivity contribution in [3.63, 3.8) is 0 Å². The normalized spacial score (nSPS) is 22.5. The average Bonchev–Trinajstić information content (AvgIpc) is 3.69. The molecule has 6 rings (SSSR count). The highest BCUT2D eigenvalue weighted by atomic mass is 16.5. The second kappa shape index (κ2) is 11.1. The van der Waals surface area contributed by atoms with Crippen molar-refractivity contribution in [1.29, 1.82) is 0 Å². The number of aromatic amines is 1. The summed E-state index contributed by atoms with van der Waals surface area (Å²) in [7, 11) is 1.37. The maximum Gasteiger partial charge on any atom is 0.305 e. The number of aliphatic imine (C=N–C) groups is 3. The maximum atomic E-state index is 13.3. The second-order valence-corrected chi connectivity index (χ2v) is 11.7. The Morgan fingerprint density at radius 3 is 2.57 bits per heavy atom. The minimum absolute atomic E-state index is 0.0737. The number of fused-ring (bicyclic) bond motifs is 6. The van der Waals surface area contributed by atoms with E-state index in [9.17, 15) is 19.8 Å². The molecule has 4 aliphatic heterocycles. The van der Waals surface area contributed by atoms with Gasteiger partial charge in [-0.2, -0.15) is 0 Å². The van der Waals surface area contributed by atoms with Crippen LogP contribution >= 0.6 is 0 Å². The average molecular weight is 593 g/mol. The molecule has 1 aliphatic carbocycles. The predicted molar refractivity (Wildman–Crippen MR) is 172 cm³/mol. The van der Waals surface area contributed by atoms with Crippen LogP contribution in [0.2, 0.25) is 0 Å². The second-order valence-electron chi connectivity index (χ2n) is 11.7. The third kappa shape index (κ3) is 4.54.